The lowest BCUT2D eigenvalue weighted by atomic mass is 10.1. The van der Waals surface area contributed by atoms with Crippen molar-refractivity contribution < 1.29 is 18.0 Å². The molecule has 0 saturated heterocycles. The third-order valence-corrected chi connectivity index (χ3v) is 5.03. The second-order valence-corrected chi connectivity index (χ2v) is 6.99. The summed E-state index contributed by atoms with van der Waals surface area (Å²) in [4.78, 5) is 14.7. The summed E-state index contributed by atoms with van der Waals surface area (Å²) in [5.74, 6) is 0.232. The Morgan fingerprint density at radius 2 is 1.96 bits per heavy atom. The molecule has 1 aromatic carbocycles. The number of nitrogens with zero attached hydrogens (tertiary/aromatic N) is 1. The average molecular weight is 359 g/mol. The number of hydrogen-bond donors (Lipinski definition) is 0. The van der Waals surface area contributed by atoms with Crippen LogP contribution in [0.3, 0.4) is 0 Å². The summed E-state index contributed by atoms with van der Waals surface area (Å²) < 4.78 is 38.7. The van der Waals surface area contributed by atoms with E-state index in [9.17, 15) is 18.0 Å². The second-order valence-electron chi connectivity index (χ2n) is 4.98. The lowest BCUT2D eigenvalue weighted by Gasteiger charge is -2.16. The van der Waals surface area contributed by atoms with Crippen molar-refractivity contribution in [2.24, 2.45) is 0 Å². The van der Waals surface area contributed by atoms with Gasteiger partial charge >= 0.3 is 6.18 Å². The lowest BCUT2D eigenvalue weighted by Crippen LogP contribution is -2.27. The van der Waals surface area contributed by atoms with E-state index in [2.05, 4.69) is 0 Å². The molecule has 0 radical (unpaired) electrons. The molecule has 0 N–H and O–H groups in total. The smallest absolute Gasteiger partial charge is 0.340 e. The van der Waals surface area contributed by atoms with Crippen molar-refractivity contribution >= 4 is 29.0 Å². The highest BCUT2D eigenvalue weighted by molar-refractivity contribution is 7.99. The molecule has 0 aliphatic carbocycles. The summed E-state index contributed by atoms with van der Waals surface area (Å²) in [7, 11) is 1.70. The minimum atomic E-state index is -4.36. The molecule has 2 nitrogen and oxygen atoms in total. The van der Waals surface area contributed by atoms with Crippen LogP contribution in [0.1, 0.15) is 16.0 Å². The summed E-state index contributed by atoms with van der Waals surface area (Å²) in [5.41, 5.74) is -0.425. The molecule has 1 heterocycles. The number of amides is 1. The highest BCUT2D eigenvalue weighted by Crippen LogP contribution is 2.33. The molecule has 0 aliphatic rings. The molecule has 124 valence electrons. The van der Waals surface area contributed by atoms with Crippen molar-refractivity contribution in [1.29, 1.82) is 0 Å². The fourth-order valence-corrected chi connectivity index (χ4v) is 3.73. The first kappa shape index (κ1) is 17.9. The highest BCUT2D eigenvalue weighted by atomic mass is 32.2. The van der Waals surface area contributed by atoms with E-state index in [1.54, 1.807) is 29.4 Å². The molecule has 7 heteroatoms. The SMILES string of the molecule is CN(Cc1cccs1)C(=O)CSCc1ccccc1C(F)(F)F. The van der Waals surface area contributed by atoms with Gasteiger partial charge in [0.25, 0.3) is 0 Å². The van der Waals surface area contributed by atoms with E-state index in [4.69, 9.17) is 0 Å². The maximum Gasteiger partial charge on any atom is 0.416 e. The molecular formula is C16H16F3NOS2. The molecule has 0 atom stereocenters. The van der Waals surface area contributed by atoms with Gasteiger partial charge in [0.2, 0.25) is 5.91 Å². The van der Waals surface area contributed by atoms with Gasteiger partial charge in [0.1, 0.15) is 0 Å². The largest absolute Gasteiger partial charge is 0.416 e. The number of thiophene rings is 1. The van der Waals surface area contributed by atoms with Gasteiger partial charge in [0, 0.05) is 17.7 Å². The van der Waals surface area contributed by atoms with E-state index < -0.39 is 11.7 Å². The van der Waals surface area contributed by atoms with Crippen molar-refractivity contribution in [3.63, 3.8) is 0 Å². The van der Waals surface area contributed by atoms with Gasteiger partial charge in [-0.25, -0.2) is 0 Å². The first-order valence-electron chi connectivity index (χ1n) is 6.87. The van der Waals surface area contributed by atoms with Crippen LogP contribution in [0.25, 0.3) is 0 Å². The van der Waals surface area contributed by atoms with E-state index in [1.807, 2.05) is 17.5 Å². The standard InChI is InChI=1S/C16H16F3NOS2/c1-20(9-13-6-4-8-23-13)15(21)11-22-10-12-5-2-3-7-14(12)16(17,18)19/h2-8H,9-11H2,1H3. The number of rotatable bonds is 6. The van der Waals surface area contributed by atoms with Gasteiger partial charge in [0.15, 0.2) is 0 Å². The van der Waals surface area contributed by atoms with Crippen LogP contribution in [-0.4, -0.2) is 23.6 Å². The number of benzene rings is 1. The molecule has 1 aromatic heterocycles. The maximum atomic E-state index is 12.9. The van der Waals surface area contributed by atoms with Crippen molar-refractivity contribution in [3.8, 4) is 0 Å². The Bertz CT molecular complexity index is 641. The van der Waals surface area contributed by atoms with Gasteiger partial charge in [-0.3, -0.25) is 4.79 Å². The van der Waals surface area contributed by atoms with Crippen LogP contribution in [0.5, 0.6) is 0 Å². The zero-order chi connectivity index (χ0) is 16.9. The Morgan fingerprint density at radius 1 is 1.22 bits per heavy atom. The molecule has 2 aromatic rings. The molecule has 0 fully saturated rings. The van der Waals surface area contributed by atoms with Gasteiger partial charge in [-0.15, -0.1) is 23.1 Å². The average Bonchev–Trinajstić information content (AvgIpc) is 2.99. The summed E-state index contributed by atoms with van der Waals surface area (Å²) >= 11 is 2.77. The molecule has 0 unspecified atom stereocenters. The molecule has 2 rings (SSSR count). The van der Waals surface area contributed by atoms with Gasteiger partial charge in [-0.2, -0.15) is 13.2 Å². The predicted molar refractivity (Wildman–Crippen MR) is 88.4 cm³/mol. The summed E-state index contributed by atoms with van der Waals surface area (Å²) in [6.45, 7) is 0.524. The van der Waals surface area contributed by atoms with Gasteiger partial charge in [0.05, 0.1) is 17.9 Å². The number of alkyl halides is 3. The quantitative estimate of drug-likeness (QED) is 0.748. The summed E-state index contributed by atoms with van der Waals surface area (Å²) in [6.07, 6.45) is -4.36. The van der Waals surface area contributed by atoms with Crippen LogP contribution in [0, 0.1) is 0 Å². The van der Waals surface area contributed by atoms with Crippen molar-refractivity contribution in [3.05, 3.63) is 57.8 Å². The third kappa shape index (κ3) is 5.28. The highest BCUT2D eigenvalue weighted by Gasteiger charge is 2.32. The fourth-order valence-electron chi connectivity index (χ4n) is 2.01. The Hall–Kier alpha value is -1.47. The van der Waals surface area contributed by atoms with Crippen molar-refractivity contribution in [2.45, 2.75) is 18.5 Å². The zero-order valence-corrected chi connectivity index (χ0v) is 14.1. The molecule has 0 bridgehead atoms. The van der Waals surface area contributed by atoms with Crippen LogP contribution in [0.2, 0.25) is 0 Å². The van der Waals surface area contributed by atoms with Crippen LogP contribution < -0.4 is 0 Å². The molecule has 1 amide bonds. The van der Waals surface area contributed by atoms with E-state index in [0.717, 1.165) is 10.9 Å². The molecule has 23 heavy (non-hydrogen) atoms. The van der Waals surface area contributed by atoms with Crippen LogP contribution in [0.15, 0.2) is 41.8 Å². The maximum absolute atomic E-state index is 12.9. The Morgan fingerprint density at radius 3 is 2.61 bits per heavy atom. The Labute approximate surface area is 141 Å². The van der Waals surface area contributed by atoms with Gasteiger partial charge in [-0.05, 0) is 23.1 Å². The van der Waals surface area contributed by atoms with Gasteiger partial charge < -0.3 is 4.90 Å². The number of carbonyl (C=O) groups is 1. The number of carbonyl (C=O) groups excluding carboxylic acids is 1. The number of thioether (sulfide) groups is 1. The first-order valence-corrected chi connectivity index (χ1v) is 8.90. The van der Waals surface area contributed by atoms with Crippen molar-refractivity contribution in [1.82, 2.24) is 4.90 Å². The molecule has 0 saturated carbocycles. The van der Waals surface area contributed by atoms with Crippen molar-refractivity contribution in [2.75, 3.05) is 12.8 Å². The normalized spacial score (nSPS) is 11.5. The molecular weight excluding hydrogens is 343 g/mol. The van der Waals surface area contributed by atoms with E-state index in [1.165, 1.54) is 23.9 Å². The lowest BCUT2D eigenvalue weighted by molar-refractivity contribution is -0.138. The Kier molecular flexibility index (Phi) is 6.12. The van der Waals surface area contributed by atoms with E-state index in [-0.39, 0.29) is 23.0 Å². The summed E-state index contributed by atoms with van der Waals surface area (Å²) in [5, 5.41) is 1.94. The third-order valence-electron chi connectivity index (χ3n) is 3.20. The first-order chi connectivity index (χ1) is 10.9. The predicted octanol–water partition coefficient (Wildman–Crippen LogP) is 4.66. The summed E-state index contributed by atoms with van der Waals surface area (Å²) in [6, 6.07) is 9.34. The monoisotopic (exact) mass is 359 g/mol. The fraction of sp³-hybridized carbons (Fsp3) is 0.312. The van der Waals surface area contributed by atoms with Gasteiger partial charge in [-0.1, -0.05) is 24.3 Å². The number of halogens is 3. The Balaban J connectivity index is 1.86. The molecule has 0 aliphatic heterocycles. The van der Waals surface area contributed by atoms with E-state index >= 15 is 0 Å². The van der Waals surface area contributed by atoms with Crippen LogP contribution in [-0.2, 0) is 23.3 Å². The topological polar surface area (TPSA) is 20.3 Å². The minimum Gasteiger partial charge on any atom is -0.340 e. The second kappa shape index (κ2) is 7.88. The van der Waals surface area contributed by atoms with E-state index in [0.29, 0.717) is 6.54 Å². The zero-order valence-electron chi connectivity index (χ0n) is 12.5. The van der Waals surface area contributed by atoms with Crippen LogP contribution in [0.4, 0.5) is 13.2 Å². The number of hydrogen-bond acceptors (Lipinski definition) is 3. The minimum absolute atomic E-state index is 0.0899. The van der Waals surface area contributed by atoms with Crippen LogP contribution >= 0.6 is 23.1 Å². The molecule has 0 spiro atoms.